The Bertz CT molecular complexity index is 929. The molecule has 0 unspecified atom stereocenters. The lowest BCUT2D eigenvalue weighted by Gasteiger charge is -2.37. The van der Waals surface area contributed by atoms with Crippen LogP contribution in [0.2, 0.25) is 0 Å². The summed E-state index contributed by atoms with van der Waals surface area (Å²) in [5.74, 6) is 1.89. The second-order valence-corrected chi connectivity index (χ2v) is 10.4. The van der Waals surface area contributed by atoms with Crippen LogP contribution in [0.25, 0.3) is 0 Å². The van der Waals surface area contributed by atoms with Crippen molar-refractivity contribution in [3.8, 4) is 0 Å². The number of anilines is 1. The Labute approximate surface area is 187 Å². The molecule has 0 amide bonds. The summed E-state index contributed by atoms with van der Waals surface area (Å²) in [5.41, 5.74) is 7.43. The van der Waals surface area contributed by atoms with E-state index in [1.807, 2.05) is 6.20 Å². The van der Waals surface area contributed by atoms with Gasteiger partial charge in [-0.05, 0) is 86.2 Å². The van der Waals surface area contributed by atoms with Crippen LogP contribution in [0.1, 0.15) is 60.5 Å². The molecule has 4 aliphatic rings. The standard InChI is InChI=1S/C27H36N4/c1-30(26-12-3-6-19-10-5-13-28-27(19)26)18-23-14-24-20(15-29-23)7-4-11-25(24)31-16-21-8-2-9-22(21)17-31/h4-5,7,10-11,13,21-23,26,29H,2-3,6,8-9,12,14-18H2,1H3/t21-,22+,23-,26-/m0/s1. The van der Waals surface area contributed by atoms with Crippen molar-refractivity contribution in [3.63, 3.8) is 0 Å². The van der Waals surface area contributed by atoms with Crippen molar-refractivity contribution in [2.75, 3.05) is 31.6 Å². The first-order chi connectivity index (χ1) is 15.3. The van der Waals surface area contributed by atoms with Crippen molar-refractivity contribution in [1.29, 1.82) is 0 Å². The number of benzene rings is 1. The molecule has 3 heterocycles. The molecule has 6 rings (SSSR count). The highest BCUT2D eigenvalue weighted by Gasteiger charge is 2.37. The largest absolute Gasteiger partial charge is 0.371 e. The van der Waals surface area contributed by atoms with E-state index in [2.05, 4.69) is 52.5 Å². The molecule has 31 heavy (non-hydrogen) atoms. The van der Waals surface area contributed by atoms with E-state index in [4.69, 9.17) is 4.98 Å². The first-order valence-corrected chi connectivity index (χ1v) is 12.5. The van der Waals surface area contributed by atoms with E-state index in [1.165, 1.54) is 74.1 Å². The normalized spacial score (nSPS) is 29.7. The number of pyridine rings is 1. The Balaban J connectivity index is 1.18. The molecule has 1 saturated heterocycles. The Hall–Kier alpha value is -1.91. The van der Waals surface area contributed by atoms with Gasteiger partial charge in [-0.1, -0.05) is 24.6 Å². The molecule has 1 aromatic carbocycles. The first-order valence-electron chi connectivity index (χ1n) is 12.5. The molecule has 164 valence electrons. The van der Waals surface area contributed by atoms with Crippen molar-refractivity contribution >= 4 is 5.69 Å². The second kappa shape index (κ2) is 8.22. The van der Waals surface area contributed by atoms with Gasteiger partial charge in [0.25, 0.3) is 0 Å². The van der Waals surface area contributed by atoms with Crippen LogP contribution in [0.3, 0.4) is 0 Å². The number of hydrogen-bond acceptors (Lipinski definition) is 4. The summed E-state index contributed by atoms with van der Waals surface area (Å²) < 4.78 is 0. The molecule has 2 fully saturated rings. The predicted molar refractivity (Wildman–Crippen MR) is 126 cm³/mol. The zero-order valence-corrected chi connectivity index (χ0v) is 18.9. The van der Waals surface area contributed by atoms with Crippen LogP contribution in [-0.2, 0) is 19.4 Å². The highest BCUT2D eigenvalue weighted by Crippen LogP contribution is 2.41. The lowest BCUT2D eigenvalue weighted by molar-refractivity contribution is 0.191. The molecule has 0 bridgehead atoms. The molecule has 2 aromatic rings. The molecule has 1 aromatic heterocycles. The molecule has 0 spiro atoms. The Morgan fingerprint density at radius 3 is 2.74 bits per heavy atom. The van der Waals surface area contributed by atoms with Gasteiger partial charge in [-0.3, -0.25) is 9.88 Å². The fourth-order valence-electron chi connectivity index (χ4n) is 6.94. The molecule has 2 aliphatic heterocycles. The number of aromatic nitrogens is 1. The molecule has 4 nitrogen and oxygen atoms in total. The number of hydrogen-bond donors (Lipinski definition) is 1. The molecule has 1 saturated carbocycles. The third-order valence-corrected chi connectivity index (χ3v) is 8.55. The molecular weight excluding hydrogens is 380 g/mol. The number of fused-ring (bicyclic) bond motifs is 3. The van der Waals surface area contributed by atoms with Gasteiger partial charge >= 0.3 is 0 Å². The minimum absolute atomic E-state index is 0.460. The second-order valence-electron chi connectivity index (χ2n) is 10.4. The Morgan fingerprint density at radius 1 is 1.03 bits per heavy atom. The van der Waals surface area contributed by atoms with E-state index in [9.17, 15) is 0 Å². The fourth-order valence-corrected chi connectivity index (χ4v) is 6.94. The van der Waals surface area contributed by atoms with E-state index >= 15 is 0 Å². The predicted octanol–water partition coefficient (Wildman–Crippen LogP) is 4.34. The number of likely N-dealkylation sites (N-methyl/N-ethyl adjacent to an activating group) is 1. The van der Waals surface area contributed by atoms with E-state index < -0.39 is 0 Å². The molecular formula is C27H36N4. The van der Waals surface area contributed by atoms with Crippen molar-refractivity contribution < 1.29 is 0 Å². The SMILES string of the molecule is CN(C[C@@H]1Cc2c(cccc2N2C[C@H]3CCC[C@H]3C2)CN1)[C@H]1CCCc2cccnc21. The lowest BCUT2D eigenvalue weighted by Crippen LogP contribution is -2.45. The van der Waals surface area contributed by atoms with Gasteiger partial charge in [0.1, 0.15) is 0 Å². The van der Waals surface area contributed by atoms with Crippen molar-refractivity contribution in [3.05, 3.63) is 58.9 Å². The summed E-state index contributed by atoms with van der Waals surface area (Å²) >= 11 is 0. The smallest absolute Gasteiger partial charge is 0.0607 e. The molecule has 1 N–H and O–H groups in total. The van der Waals surface area contributed by atoms with Crippen LogP contribution < -0.4 is 10.2 Å². The van der Waals surface area contributed by atoms with Crippen molar-refractivity contribution in [2.45, 2.75) is 63.6 Å². The summed E-state index contributed by atoms with van der Waals surface area (Å²) in [6, 6.07) is 12.3. The van der Waals surface area contributed by atoms with E-state index in [1.54, 1.807) is 5.56 Å². The molecule has 0 radical (unpaired) electrons. The van der Waals surface area contributed by atoms with Gasteiger partial charge in [-0.2, -0.15) is 0 Å². The minimum atomic E-state index is 0.460. The van der Waals surface area contributed by atoms with Crippen molar-refractivity contribution in [1.82, 2.24) is 15.2 Å². The van der Waals surface area contributed by atoms with Crippen LogP contribution in [0, 0.1) is 11.8 Å². The number of nitrogens with zero attached hydrogens (tertiary/aromatic N) is 3. The first kappa shape index (κ1) is 19.8. The zero-order valence-electron chi connectivity index (χ0n) is 18.9. The minimum Gasteiger partial charge on any atom is -0.371 e. The quantitative estimate of drug-likeness (QED) is 0.803. The van der Waals surface area contributed by atoms with Gasteiger partial charge in [0.2, 0.25) is 0 Å². The fraction of sp³-hybridized carbons (Fsp3) is 0.593. The van der Waals surface area contributed by atoms with E-state index in [0.717, 1.165) is 31.3 Å². The zero-order chi connectivity index (χ0) is 20.8. The number of aryl methyl sites for hydroxylation is 1. The van der Waals surface area contributed by atoms with Gasteiger partial charge in [0, 0.05) is 44.1 Å². The van der Waals surface area contributed by atoms with Gasteiger partial charge in [-0.15, -0.1) is 0 Å². The molecule has 4 heteroatoms. The monoisotopic (exact) mass is 416 g/mol. The third-order valence-electron chi connectivity index (χ3n) is 8.55. The third kappa shape index (κ3) is 3.68. The maximum Gasteiger partial charge on any atom is 0.0607 e. The van der Waals surface area contributed by atoms with Crippen LogP contribution >= 0.6 is 0 Å². The molecule has 2 aliphatic carbocycles. The molecule has 4 atom stereocenters. The summed E-state index contributed by atoms with van der Waals surface area (Å²) in [4.78, 5) is 10.1. The van der Waals surface area contributed by atoms with E-state index in [0.29, 0.717) is 12.1 Å². The number of nitrogens with one attached hydrogen (secondary N) is 1. The van der Waals surface area contributed by atoms with Crippen molar-refractivity contribution in [2.24, 2.45) is 11.8 Å². The van der Waals surface area contributed by atoms with Gasteiger partial charge in [-0.25, -0.2) is 0 Å². The van der Waals surface area contributed by atoms with Crippen LogP contribution in [0.4, 0.5) is 5.69 Å². The average molecular weight is 417 g/mol. The summed E-state index contributed by atoms with van der Waals surface area (Å²) in [7, 11) is 2.30. The van der Waals surface area contributed by atoms with Gasteiger partial charge < -0.3 is 10.2 Å². The average Bonchev–Trinajstić information content (AvgIpc) is 3.41. The summed E-state index contributed by atoms with van der Waals surface area (Å²) in [6.45, 7) is 4.65. The summed E-state index contributed by atoms with van der Waals surface area (Å²) in [6.07, 6.45) is 11.1. The maximum atomic E-state index is 4.78. The maximum absolute atomic E-state index is 4.78. The van der Waals surface area contributed by atoms with Crippen LogP contribution in [0.15, 0.2) is 36.5 Å². The Morgan fingerprint density at radius 2 is 1.87 bits per heavy atom. The lowest BCUT2D eigenvalue weighted by atomic mass is 9.89. The highest BCUT2D eigenvalue weighted by molar-refractivity contribution is 5.59. The van der Waals surface area contributed by atoms with Crippen LogP contribution in [0.5, 0.6) is 0 Å². The van der Waals surface area contributed by atoms with Crippen LogP contribution in [-0.4, -0.2) is 42.6 Å². The highest BCUT2D eigenvalue weighted by atomic mass is 15.2. The number of rotatable bonds is 4. The van der Waals surface area contributed by atoms with Gasteiger partial charge in [0.05, 0.1) is 11.7 Å². The van der Waals surface area contributed by atoms with E-state index in [-0.39, 0.29) is 0 Å². The Kier molecular flexibility index (Phi) is 5.23. The summed E-state index contributed by atoms with van der Waals surface area (Å²) in [5, 5.41) is 3.85. The topological polar surface area (TPSA) is 31.4 Å². The van der Waals surface area contributed by atoms with Gasteiger partial charge in [0.15, 0.2) is 0 Å².